The van der Waals surface area contributed by atoms with Crippen molar-refractivity contribution in [2.24, 2.45) is 5.92 Å². The number of aliphatic hydroxyl groups excluding tert-OH is 2. The number of aryl methyl sites for hydroxylation is 1. The fraction of sp³-hybridized carbons (Fsp3) is 0.375. The summed E-state index contributed by atoms with van der Waals surface area (Å²) in [6.45, 7) is 1.68. The first-order valence-electron chi connectivity index (χ1n) is 11.1. The predicted octanol–water partition coefficient (Wildman–Crippen LogP) is 3.18. The van der Waals surface area contributed by atoms with Gasteiger partial charge in [-0.15, -0.1) is 0 Å². The summed E-state index contributed by atoms with van der Waals surface area (Å²) in [7, 11) is 0. The van der Waals surface area contributed by atoms with Crippen LogP contribution in [0.15, 0.2) is 48.8 Å². The minimum absolute atomic E-state index is 0.0259. The Morgan fingerprint density at radius 2 is 2.03 bits per heavy atom. The molecule has 1 fully saturated rings. The van der Waals surface area contributed by atoms with Gasteiger partial charge in [0, 0.05) is 24.0 Å². The van der Waals surface area contributed by atoms with Crippen molar-refractivity contribution in [1.29, 1.82) is 0 Å². The molecule has 5 N–H and O–H groups in total. The smallest absolute Gasteiger partial charge is 0.394 e. The van der Waals surface area contributed by atoms with Gasteiger partial charge in [-0.1, -0.05) is 43.2 Å². The van der Waals surface area contributed by atoms with Crippen LogP contribution in [0.1, 0.15) is 36.4 Å². The van der Waals surface area contributed by atoms with Crippen LogP contribution in [0.4, 0.5) is 10.7 Å². The molecule has 0 saturated heterocycles. The Morgan fingerprint density at radius 3 is 2.73 bits per heavy atom. The Hall–Kier alpha value is -3.43. The van der Waals surface area contributed by atoms with Crippen molar-refractivity contribution in [2.45, 2.75) is 38.3 Å². The van der Waals surface area contributed by atoms with Crippen LogP contribution in [-0.4, -0.2) is 50.5 Å². The molecule has 9 heteroatoms. The number of nitrogens with one attached hydrogen (secondary N) is 3. The van der Waals surface area contributed by atoms with E-state index in [2.05, 4.69) is 25.6 Å². The van der Waals surface area contributed by atoms with Crippen LogP contribution in [0, 0.1) is 12.8 Å². The maximum absolute atomic E-state index is 12.3. The van der Waals surface area contributed by atoms with E-state index in [1.54, 1.807) is 18.5 Å². The SMILES string of the molecule is Cc1cnc(NC(CO)CC2CC2)nc1-c1c[nH]c(OC(=O)NC(CO)c2ccccc2)c1. The number of anilines is 1. The Bertz CT molecular complexity index is 1070. The summed E-state index contributed by atoms with van der Waals surface area (Å²) in [5.41, 5.74) is 3.08. The number of nitrogens with zero attached hydrogens (tertiary/aromatic N) is 2. The van der Waals surface area contributed by atoms with E-state index in [0.29, 0.717) is 17.6 Å². The number of H-pyrrole nitrogens is 1. The molecule has 9 nitrogen and oxygen atoms in total. The van der Waals surface area contributed by atoms with Gasteiger partial charge in [0.05, 0.1) is 31.0 Å². The lowest BCUT2D eigenvalue weighted by atomic mass is 10.1. The first kappa shape index (κ1) is 22.8. The Kier molecular flexibility index (Phi) is 7.21. The molecule has 2 aromatic heterocycles. The van der Waals surface area contributed by atoms with Crippen molar-refractivity contribution < 1.29 is 19.7 Å². The van der Waals surface area contributed by atoms with Crippen molar-refractivity contribution in [3.63, 3.8) is 0 Å². The first-order valence-corrected chi connectivity index (χ1v) is 11.1. The molecule has 33 heavy (non-hydrogen) atoms. The fourth-order valence-electron chi connectivity index (χ4n) is 3.68. The maximum Gasteiger partial charge on any atom is 0.414 e. The van der Waals surface area contributed by atoms with E-state index in [-0.39, 0.29) is 25.1 Å². The summed E-state index contributed by atoms with van der Waals surface area (Å²) < 4.78 is 5.36. The summed E-state index contributed by atoms with van der Waals surface area (Å²) >= 11 is 0. The summed E-state index contributed by atoms with van der Waals surface area (Å²) in [5, 5.41) is 25.2. The highest BCUT2D eigenvalue weighted by Crippen LogP contribution is 2.34. The average Bonchev–Trinajstić information content (AvgIpc) is 3.54. The number of ether oxygens (including phenoxy) is 1. The van der Waals surface area contributed by atoms with Crippen LogP contribution in [0.2, 0.25) is 0 Å². The molecule has 2 heterocycles. The molecule has 1 amide bonds. The second kappa shape index (κ2) is 10.5. The molecular formula is C24H29N5O4. The van der Waals surface area contributed by atoms with E-state index in [1.807, 2.05) is 37.3 Å². The van der Waals surface area contributed by atoms with Crippen LogP contribution >= 0.6 is 0 Å². The highest BCUT2D eigenvalue weighted by Gasteiger charge is 2.25. The van der Waals surface area contributed by atoms with Crippen LogP contribution < -0.4 is 15.4 Å². The standard InChI is InChI=1S/C24H29N5O4/c1-15-11-26-23(27-19(13-30)9-16-7-8-16)29-22(15)18-10-21(25-12-18)33-24(32)28-20(14-31)17-5-3-2-4-6-17/h2-6,10-12,16,19-20,25,30-31H,7-9,13-14H2,1H3,(H,28,32)(H,26,27,29). The van der Waals surface area contributed by atoms with E-state index in [4.69, 9.17) is 4.74 Å². The predicted molar refractivity (Wildman–Crippen MR) is 124 cm³/mol. The van der Waals surface area contributed by atoms with Gasteiger partial charge in [-0.25, -0.2) is 14.8 Å². The van der Waals surface area contributed by atoms with Crippen LogP contribution in [-0.2, 0) is 0 Å². The van der Waals surface area contributed by atoms with Crippen LogP contribution in [0.3, 0.4) is 0 Å². The van der Waals surface area contributed by atoms with Gasteiger partial charge in [-0.05, 0) is 30.4 Å². The molecule has 0 bridgehead atoms. The number of hydrogen-bond donors (Lipinski definition) is 5. The third-order valence-corrected chi connectivity index (χ3v) is 5.65. The van der Waals surface area contributed by atoms with E-state index in [0.717, 1.165) is 23.1 Å². The molecule has 0 spiro atoms. The van der Waals surface area contributed by atoms with Gasteiger partial charge in [0.1, 0.15) is 0 Å². The van der Waals surface area contributed by atoms with Crippen molar-refractivity contribution in [1.82, 2.24) is 20.3 Å². The second-order valence-corrected chi connectivity index (χ2v) is 8.36. The molecule has 3 aromatic rings. The molecule has 0 radical (unpaired) electrons. The molecule has 0 aliphatic heterocycles. The highest BCUT2D eigenvalue weighted by molar-refractivity contribution is 5.72. The van der Waals surface area contributed by atoms with Gasteiger partial charge < -0.3 is 30.6 Å². The van der Waals surface area contributed by atoms with Gasteiger partial charge in [-0.2, -0.15) is 0 Å². The largest absolute Gasteiger partial charge is 0.414 e. The Labute approximate surface area is 192 Å². The number of benzene rings is 1. The number of rotatable bonds is 10. The zero-order valence-corrected chi connectivity index (χ0v) is 18.5. The molecule has 1 aromatic carbocycles. The molecule has 4 rings (SSSR count). The van der Waals surface area contributed by atoms with Crippen molar-refractivity contribution in [2.75, 3.05) is 18.5 Å². The molecule has 174 valence electrons. The Balaban J connectivity index is 1.41. The molecule has 2 atom stereocenters. The summed E-state index contributed by atoms with van der Waals surface area (Å²) in [5.74, 6) is 1.37. The lowest BCUT2D eigenvalue weighted by Crippen LogP contribution is -2.33. The minimum Gasteiger partial charge on any atom is -0.394 e. The number of carbonyl (C=O) groups excluding carboxylic acids is 1. The third-order valence-electron chi connectivity index (χ3n) is 5.65. The molecular weight excluding hydrogens is 422 g/mol. The summed E-state index contributed by atoms with van der Waals surface area (Å²) in [4.78, 5) is 24.2. The third kappa shape index (κ3) is 6.09. The van der Waals surface area contributed by atoms with Gasteiger partial charge in [0.25, 0.3) is 0 Å². The van der Waals surface area contributed by atoms with Crippen LogP contribution in [0.25, 0.3) is 11.3 Å². The number of amides is 1. The quantitative estimate of drug-likeness (QED) is 0.320. The molecule has 1 aliphatic carbocycles. The lowest BCUT2D eigenvalue weighted by Gasteiger charge is -2.16. The van der Waals surface area contributed by atoms with Gasteiger partial charge in [0.15, 0.2) is 0 Å². The topological polar surface area (TPSA) is 132 Å². The molecule has 1 saturated carbocycles. The number of aromatic amines is 1. The van der Waals surface area contributed by atoms with Gasteiger partial charge in [0.2, 0.25) is 11.8 Å². The number of carbonyl (C=O) groups is 1. The Morgan fingerprint density at radius 1 is 1.24 bits per heavy atom. The van der Waals surface area contributed by atoms with Crippen molar-refractivity contribution in [3.8, 4) is 17.1 Å². The lowest BCUT2D eigenvalue weighted by molar-refractivity contribution is 0.182. The normalized spacial score (nSPS) is 15.0. The van der Waals surface area contributed by atoms with Crippen LogP contribution in [0.5, 0.6) is 5.88 Å². The number of aliphatic hydroxyl groups is 2. The highest BCUT2D eigenvalue weighted by atomic mass is 16.6. The number of aromatic nitrogens is 3. The van der Waals surface area contributed by atoms with E-state index < -0.39 is 12.1 Å². The maximum atomic E-state index is 12.3. The second-order valence-electron chi connectivity index (χ2n) is 8.36. The van der Waals surface area contributed by atoms with Crippen molar-refractivity contribution in [3.05, 3.63) is 59.9 Å². The summed E-state index contributed by atoms with van der Waals surface area (Å²) in [6.07, 6.45) is 6.07. The van der Waals surface area contributed by atoms with Gasteiger partial charge in [-0.3, -0.25) is 0 Å². The monoisotopic (exact) mass is 451 g/mol. The molecule has 1 aliphatic rings. The van der Waals surface area contributed by atoms with E-state index in [1.165, 1.54) is 12.8 Å². The first-order chi connectivity index (χ1) is 16.1. The van der Waals surface area contributed by atoms with Gasteiger partial charge >= 0.3 is 6.09 Å². The molecule has 2 unspecified atom stereocenters. The zero-order chi connectivity index (χ0) is 23.2. The fourth-order valence-corrected chi connectivity index (χ4v) is 3.68. The van der Waals surface area contributed by atoms with E-state index in [9.17, 15) is 15.0 Å². The van der Waals surface area contributed by atoms with Crippen molar-refractivity contribution >= 4 is 12.0 Å². The minimum atomic E-state index is -0.682. The summed E-state index contributed by atoms with van der Waals surface area (Å²) in [6, 6.07) is 10.2. The zero-order valence-electron chi connectivity index (χ0n) is 18.5. The van der Waals surface area contributed by atoms with E-state index >= 15 is 0 Å². The average molecular weight is 452 g/mol. The number of hydrogen-bond acceptors (Lipinski definition) is 7.